The second kappa shape index (κ2) is 6.76. The van der Waals surface area contributed by atoms with Crippen LogP contribution in [0.3, 0.4) is 0 Å². The molecular formula is C15H17NO5S. The monoisotopic (exact) mass is 323 g/mol. The van der Waals surface area contributed by atoms with Gasteiger partial charge in [0.05, 0.1) is 12.0 Å². The zero-order valence-corrected chi connectivity index (χ0v) is 13.1. The van der Waals surface area contributed by atoms with E-state index >= 15 is 0 Å². The van der Waals surface area contributed by atoms with Crippen LogP contribution < -0.4 is 9.46 Å². The van der Waals surface area contributed by atoms with E-state index in [4.69, 9.17) is 9.47 Å². The van der Waals surface area contributed by atoms with Crippen LogP contribution in [0.4, 0.5) is 0 Å². The Labute approximate surface area is 129 Å². The molecule has 22 heavy (non-hydrogen) atoms. The molecule has 0 aliphatic rings. The Bertz CT molecular complexity index is 786. The molecule has 2 aromatic carbocycles. The summed E-state index contributed by atoms with van der Waals surface area (Å²) in [4.78, 5) is 10.8. The molecule has 0 saturated heterocycles. The van der Waals surface area contributed by atoms with Crippen LogP contribution in [0.5, 0.6) is 5.75 Å². The highest BCUT2D eigenvalue weighted by molar-refractivity contribution is 7.89. The van der Waals surface area contributed by atoms with Gasteiger partial charge in [-0.3, -0.25) is 4.79 Å². The molecule has 0 aliphatic heterocycles. The highest BCUT2D eigenvalue weighted by Crippen LogP contribution is 2.29. The molecule has 2 aromatic rings. The van der Waals surface area contributed by atoms with Crippen LogP contribution in [0.25, 0.3) is 10.8 Å². The number of ether oxygens (including phenoxy) is 2. The number of benzene rings is 2. The number of methoxy groups -OCH3 is 1. The lowest BCUT2D eigenvalue weighted by Gasteiger charge is -2.11. The second-order valence-corrected chi connectivity index (χ2v) is 6.35. The van der Waals surface area contributed by atoms with Crippen LogP contribution in [0.2, 0.25) is 0 Å². The van der Waals surface area contributed by atoms with Gasteiger partial charge in [0, 0.05) is 24.9 Å². The smallest absolute Gasteiger partial charge is 0.302 e. The minimum atomic E-state index is -3.70. The molecule has 0 aromatic heterocycles. The van der Waals surface area contributed by atoms with Crippen molar-refractivity contribution in [2.24, 2.45) is 0 Å². The Morgan fingerprint density at radius 3 is 2.64 bits per heavy atom. The average Bonchev–Trinajstić information content (AvgIpc) is 2.50. The topological polar surface area (TPSA) is 81.7 Å². The number of carbonyl (C=O) groups excluding carboxylic acids is 1. The van der Waals surface area contributed by atoms with Crippen molar-refractivity contribution >= 4 is 26.8 Å². The fourth-order valence-corrected chi connectivity index (χ4v) is 3.09. The maximum absolute atomic E-state index is 12.3. The van der Waals surface area contributed by atoms with E-state index in [0.29, 0.717) is 5.75 Å². The van der Waals surface area contributed by atoms with Crippen molar-refractivity contribution in [1.82, 2.24) is 4.72 Å². The van der Waals surface area contributed by atoms with Gasteiger partial charge < -0.3 is 9.47 Å². The maximum atomic E-state index is 12.3. The average molecular weight is 323 g/mol. The predicted octanol–water partition coefficient (Wildman–Crippen LogP) is 1.69. The van der Waals surface area contributed by atoms with E-state index < -0.39 is 16.0 Å². The number of esters is 1. The van der Waals surface area contributed by atoms with Gasteiger partial charge in [0.1, 0.15) is 12.4 Å². The number of fused-ring (bicyclic) bond motifs is 1. The van der Waals surface area contributed by atoms with E-state index in [1.165, 1.54) is 20.1 Å². The summed E-state index contributed by atoms with van der Waals surface area (Å²) < 4.78 is 36.9. The van der Waals surface area contributed by atoms with E-state index in [9.17, 15) is 13.2 Å². The molecule has 0 aliphatic carbocycles. The molecule has 1 N–H and O–H groups in total. The molecule has 2 rings (SSSR count). The molecule has 0 amide bonds. The van der Waals surface area contributed by atoms with Crippen LogP contribution in [-0.4, -0.2) is 34.6 Å². The van der Waals surface area contributed by atoms with Crippen molar-refractivity contribution in [2.75, 3.05) is 20.3 Å². The van der Waals surface area contributed by atoms with E-state index in [1.54, 1.807) is 6.07 Å². The number of hydrogen-bond acceptors (Lipinski definition) is 5. The third kappa shape index (κ3) is 3.75. The van der Waals surface area contributed by atoms with Gasteiger partial charge in [-0.25, -0.2) is 13.1 Å². The third-order valence-corrected chi connectivity index (χ3v) is 4.47. The molecule has 0 atom stereocenters. The molecule has 0 spiro atoms. The molecule has 0 heterocycles. The SMILES string of the molecule is COc1cc(S(=O)(=O)NCCOC(C)=O)cc2ccccc12. The summed E-state index contributed by atoms with van der Waals surface area (Å²) in [5.41, 5.74) is 0. The minimum Gasteiger partial charge on any atom is -0.496 e. The van der Waals surface area contributed by atoms with Crippen molar-refractivity contribution in [3.05, 3.63) is 36.4 Å². The lowest BCUT2D eigenvalue weighted by Crippen LogP contribution is -2.28. The zero-order chi connectivity index (χ0) is 16.2. The van der Waals surface area contributed by atoms with Gasteiger partial charge in [-0.05, 0) is 11.5 Å². The Morgan fingerprint density at radius 2 is 1.95 bits per heavy atom. The Morgan fingerprint density at radius 1 is 1.23 bits per heavy atom. The van der Waals surface area contributed by atoms with E-state index in [0.717, 1.165) is 10.8 Å². The minimum absolute atomic E-state index is 0.0110. The van der Waals surface area contributed by atoms with Crippen LogP contribution in [0, 0.1) is 0 Å². The standard InChI is InChI=1S/C15H17NO5S/c1-11(17)21-8-7-16-22(18,19)13-9-12-5-3-4-6-14(12)15(10-13)20-2/h3-6,9-10,16H,7-8H2,1-2H3. The van der Waals surface area contributed by atoms with Crippen LogP contribution in [-0.2, 0) is 19.6 Å². The van der Waals surface area contributed by atoms with E-state index in [-0.39, 0.29) is 18.0 Å². The lowest BCUT2D eigenvalue weighted by molar-refractivity contribution is -0.140. The van der Waals surface area contributed by atoms with Gasteiger partial charge >= 0.3 is 5.97 Å². The van der Waals surface area contributed by atoms with E-state index in [2.05, 4.69) is 4.72 Å². The first-order valence-corrected chi connectivity index (χ1v) is 8.12. The van der Waals surface area contributed by atoms with Crippen molar-refractivity contribution in [1.29, 1.82) is 0 Å². The van der Waals surface area contributed by atoms with Gasteiger partial charge in [0.15, 0.2) is 0 Å². The van der Waals surface area contributed by atoms with Crippen LogP contribution in [0.1, 0.15) is 6.92 Å². The summed E-state index contributed by atoms with van der Waals surface area (Å²) in [6.07, 6.45) is 0. The quantitative estimate of drug-likeness (QED) is 0.646. The summed E-state index contributed by atoms with van der Waals surface area (Å²) in [5, 5.41) is 1.60. The maximum Gasteiger partial charge on any atom is 0.302 e. The summed E-state index contributed by atoms with van der Waals surface area (Å²) in [6, 6.07) is 10.4. The molecule has 0 fully saturated rings. The zero-order valence-electron chi connectivity index (χ0n) is 12.3. The molecule has 0 saturated carbocycles. The largest absolute Gasteiger partial charge is 0.496 e. The van der Waals surface area contributed by atoms with Gasteiger partial charge in [-0.1, -0.05) is 24.3 Å². The summed E-state index contributed by atoms with van der Waals surface area (Å²) >= 11 is 0. The highest BCUT2D eigenvalue weighted by Gasteiger charge is 2.16. The molecule has 0 unspecified atom stereocenters. The molecule has 0 radical (unpaired) electrons. The van der Waals surface area contributed by atoms with Gasteiger partial charge in [-0.2, -0.15) is 0 Å². The van der Waals surface area contributed by atoms with Crippen LogP contribution >= 0.6 is 0 Å². The lowest BCUT2D eigenvalue weighted by atomic mass is 10.1. The first-order chi connectivity index (χ1) is 10.4. The molecule has 7 heteroatoms. The second-order valence-electron chi connectivity index (χ2n) is 4.58. The summed E-state index contributed by atoms with van der Waals surface area (Å²) in [5.74, 6) is 0.0324. The first-order valence-electron chi connectivity index (χ1n) is 6.64. The van der Waals surface area contributed by atoms with Gasteiger partial charge in [-0.15, -0.1) is 0 Å². The number of hydrogen-bond donors (Lipinski definition) is 1. The predicted molar refractivity (Wildman–Crippen MR) is 82.3 cm³/mol. The Kier molecular flexibility index (Phi) is 4.99. The molecule has 6 nitrogen and oxygen atoms in total. The van der Waals surface area contributed by atoms with Gasteiger partial charge in [0.25, 0.3) is 0 Å². The van der Waals surface area contributed by atoms with E-state index in [1.807, 2.05) is 24.3 Å². The van der Waals surface area contributed by atoms with Crippen molar-refractivity contribution in [2.45, 2.75) is 11.8 Å². The van der Waals surface area contributed by atoms with Crippen LogP contribution in [0.15, 0.2) is 41.3 Å². The highest BCUT2D eigenvalue weighted by atomic mass is 32.2. The summed E-state index contributed by atoms with van der Waals surface area (Å²) in [6.45, 7) is 1.26. The Balaban J connectivity index is 2.27. The van der Waals surface area contributed by atoms with Crippen molar-refractivity contribution < 1.29 is 22.7 Å². The normalized spacial score (nSPS) is 11.4. The Hall–Kier alpha value is -2.12. The third-order valence-electron chi connectivity index (χ3n) is 3.03. The number of rotatable bonds is 6. The van der Waals surface area contributed by atoms with Crippen molar-refractivity contribution in [3.63, 3.8) is 0 Å². The van der Waals surface area contributed by atoms with Gasteiger partial charge in [0.2, 0.25) is 10.0 Å². The fourth-order valence-electron chi connectivity index (χ4n) is 2.03. The number of nitrogens with one attached hydrogen (secondary N) is 1. The van der Waals surface area contributed by atoms with Crippen molar-refractivity contribution in [3.8, 4) is 5.75 Å². The number of sulfonamides is 1. The first kappa shape index (κ1) is 16.3. The molecule has 0 bridgehead atoms. The number of carbonyl (C=O) groups is 1. The molecular weight excluding hydrogens is 306 g/mol. The molecule has 118 valence electrons. The summed E-state index contributed by atoms with van der Waals surface area (Å²) in [7, 11) is -2.21. The fraction of sp³-hybridized carbons (Fsp3) is 0.267.